The van der Waals surface area contributed by atoms with Crippen molar-refractivity contribution in [2.24, 2.45) is 0 Å². The van der Waals surface area contributed by atoms with Crippen LogP contribution in [-0.4, -0.2) is 33.3 Å². The zero-order valence-electron chi connectivity index (χ0n) is 16.5. The molecule has 3 N–H and O–H groups in total. The summed E-state index contributed by atoms with van der Waals surface area (Å²) >= 11 is 0. The highest BCUT2D eigenvalue weighted by atomic mass is 32.2. The molecule has 0 saturated heterocycles. The van der Waals surface area contributed by atoms with E-state index in [0.29, 0.717) is 11.3 Å². The minimum atomic E-state index is -3.70. The van der Waals surface area contributed by atoms with E-state index in [1.807, 2.05) is 0 Å². The highest BCUT2D eigenvalue weighted by molar-refractivity contribution is 7.89. The molecule has 1 aliphatic carbocycles. The monoisotopic (exact) mass is 415 g/mol. The molecule has 154 valence electrons. The van der Waals surface area contributed by atoms with Gasteiger partial charge in [0.15, 0.2) is 0 Å². The second-order valence-corrected chi connectivity index (χ2v) is 8.88. The predicted molar refractivity (Wildman–Crippen MR) is 112 cm³/mol. The van der Waals surface area contributed by atoms with E-state index in [-0.39, 0.29) is 22.4 Å². The van der Waals surface area contributed by atoms with E-state index in [1.54, 1.807) is 31.2 Å². The first-order chi connectivity index (χ1) is 13.8. The molecule has 0 aliphatic heterocycles. The molecule has 2 amide bonds. The van der Waals surface area contributed by atoms with Crippen LogP contribution in [0.1, 0.15) is 52.0 Å². The molecule has 7 nitrogen and oxygen atoms in total. The van der Waals surface area contributed by atoms with Crippen LogP contribution in [0.3, 0.4) is 0 Å². The fraction of sp³-hybridized carbons (Fsp3) is 0.333. The van der Waals surface area contributed by atoms with Gasteiger partial charge in [0.1, 0.15) is 0 Å². The first kappa shape index (κ1) is 21.0. The molecule has 2 aromatic rings. The molecule has 3 rings (SSSR count). The van der Waals surface area contributed by atoms with Crippen LogP contribution in [0.4, 0.5) is 5.69 Å². The summed E-state index contributed by atoms with van der Waals surface area (Å²) in [5, 5.41) is 5.28. The Hall–Kier alpha value is -2.71. The standard InChI is InChI=1S/C21H25N3O4S/c1-14-7-5-12-18(19(14)21(26)22-2)23-20(25)15-8-6-11-17(13-15)29(27,28)24-16-9-3-4-10-16/h5-8,11-13,16,24H,3-4,9-10H2,1-2H3,(H,22,26)(H,23,25). The average molecular weight is 416 g/mol. The van der Waals surface area contributed by atoms with E-state index >= 15 is 0 Å². The van der Waals surface area contributed by atoms with Crippen LogP contribution in [0.2, 0.25) is 0 Å². The van der Waals surface area contributed by atoms with Gasteiger partial charge in [0.2, 0.25) is 10.0 Å². The molecule has 0 unspecified atom stereocenters. The quantitative estimate of drug-likeness (QED) is 0.675. The molecule has 0 atom stereocenters. The second-order valence-electron chi connectivity index (χ2n) is 7.16. The number of sulfonamides is 1. The van der Waals surface area contributed by atoms with Crippen LogP contribution in [0.5, 0.6) is 0 Å². The number of hydrogen-bond acceptors (Lipinski definition) is 4. The van der Waals surface area contributed by atoms with Crippen molar-refractivity contribution < 1.29 is 18.0 Å². The highest BCUT2D eigenvalue weighted by Gasteiger charge is 2.24. The minimum absolute atomic E-state index is 0.0489. The van der Waals surface area contributed by atoms with Crippen LogP contribution < -0.4 is 15.4 Å². The summed E-state index contributed by atoms with van der Waals surface area (Å²) in [5.74, 6) is -0.797. The molecule has 1 saturated carbocycles. The van der Waals surface area contributed by atoms with Crippen molar-refractivity contribution in [3.8, 4) is 0 Å². The molecular weight excluding hydrogens is 390 g/mol. The number of carbonyl (C=O) groups excluding carboxylic acids is 2. The first-order valence-corrected chi connectivity index (χ1v) is 11.1. The van der Waals surface area contributed by atoms with Gasteiger partial charge >= 0.3 is 0 Å². The van der Waals surface area contributed by atoms with E-state index in [2.05, 4.69) is 15.4 Å². The minimum Gasteiger partial charge on any atom is -0.355 e. The van der Waals surface area contributed by atoms with Crippen molar-refractivity contribution in [2.75, 3.05) is 12.4 Å². The van der Waals surface area contributed by atoms with E-state index in [1.165, 1.54) is 25.2 Å². The lowest BCUT2D eigenvalue weighted by Crippen LogP contribution is -2.32. The van der Waals surface area contributed by atoms with Gasteiger partial charge in [-0.1, -0.05) is 31.0 Å². The number of hydrogen-bond donors (Lipinski definition) is 3. The van der Waals surface area contributed by atoms with Crippen LogP contribution in [0.15, 0.2) is 47.4 Å². The number of anilines is 1. The molecule has 0 heterocycles. The molecule has 8 heteroatoms. The van der Waals surface area contributed by atoms with Crippen molar-refractivity contribution >= 4 is 27.5 Å². The molecule has 1 fully saturated rings. The Bertz CT molecular complexity index is 1030. The molecule has 1 aliphatic rings. The van der Waals surface area contributed by atoms with Crippen LogP contribution in [0, 0.1) is 6.92 Å². The number of nitrogens with one attached hydrogen (secondary N) is 3. The normalized spacial score (nSPS) is 14.6. The summed E-state index contributed by atoms with van der Waals surface area (Å²) in [5.41, 5.74) is 1.66. The summed E-state index contributed by atoms with van der Waals surface area (Å²) in [7, 11) is -2.18. The average Bonchev–Trinajstić information content (AvgIpc) is 3.20. The van der Waals surface area contributed by atoms with Crippen molar-refractivity contribution in [2.45, 2.75) is 43.5 Å². The van der Waals surface area contributed by atoms with Crippen LogP contribution in [-0.2, 0) is 10.0 Å². The summed E-state index contributed by atoms with van der Waals surface area (Å²) in [6, 6.07) is 11.0. The Kier molecular flexibility index (Phi) is 6.34. The lowest BCUT2D eigenvalue weighted by Gasteiger charge is -2.14. The first-order valence-electron chi connectivity index (χ1n) is 9.57. The van der Waals surface area contributed by atoms with Gasteiger partial charge in [0.25, 0.3) is 11.8 Å². The lowest BCUT2D eigenvalue weighted by atomic mass is 10.1. The molecule has 0 aromatic heterocycles. The largest absolute Gasteiger partial charge is 0.355 e. The van der Waals surface area contributed by atoms with Crippen molar-refractivity contribution in [1.82, 2.24) is 10.0 Å². The third kappa shape index (κ3) is 4.83. The molecular formula is C21H25N3O4S. The molecule has 0 radical (unpaired) electrons. The summed E-state index contributed by atoms with van der Waals surface area (Å²) in [4.78, 5) is 25.0. The Balaban J connectivity index is 1.84. The smallest absolute Gasteiger partial charge is 0.255 e. The van der Waals surface area contributed by atoms with Crippen LogP contribution >= 0.6 is 0 Å². The van der Waals surface area contributed by atoms with Gasteiger partial charge < -0.3 is 10.6 Å². The number of rotatable bonds is 6. The van der Waals surface area contributed by atoms with Gasteiger partial charge in [-0.15, -0.1) is 0 Å². The number of carbonyl (C=O) groups is 2. The SMILES string of the molecule is CNC(=O)c1c(C)cccc1NC(=O)c1cccc(S(=O)(=O)NC2CCCC2)c1. The lowest BCUT2D eigenvalue weighted by molar-refractivity contribution is 0.0963. The Labute approximate surface area is 171 Å². The third-order valence-corrected chi connectivity index (χ3v) is 6.58. The summed E-state index contributed by atoms with van der Waals surface area (Å²) in [6.45, 7) is 1.78. The van der Waals surface area contributed by atoms with E-state index in [9.17, 15) is 18.0 Å². The summed E-state index contributed by atoms with van der Waals surface area (Å²) in [6.07, 6.45) is 3.68. The van der Waals surface area contributed by atoms with E-state index in [4.69, 9.17) is 0 Å². The van der Waals surface area contributed by atoms with Gasteiger partial charge in [0, 0.05) is 18.7 Å². The number of aryl methyl sites for hydroxylation is 1. The second kappa shape index (κ2) is 8.75. The molecule has 2 aromatic carbocycles. The summed E-state index contributed by atoms with van der Waals surface area (Å²) < 4.78 is 28.0. The zero-order valence-corrected chi connectivity index (χ0v) is 17.3. The number of benzene rings is 2. The Morgan fingerprint density at radius 1 is 1.00 bits per heavy atom. The maximum Gasteiger partial charge on any atom is 0.255 e. The fourth-order valence-corrected chi connectivity index (χ4v) is 4.88. The van der Waals surface area contributed by atoms with Crippen molar-refractivity contribution in [3.05, 3.63) is 59.2 Å². The zero-order chi connectivity index (χ0) is 21.0. The van der Waals surface area contributed by atoms with Gasteiger partial charge in [-0.2, -0.15) is 0 Å². The van der Waals surface area contributed by atoms with Crippen LogP contribution in [0.25, 0.3) is 0 Å². The molecule has 0 spiro atoms. The van der Waals surface area contributed by atoms with Crippen molar-refractivity contribution in [3.63, 3.8) is 0 Å². The van der Waals surface area contributed by atoms with Gasteiger partial charge in [-0.3, -0.25) is 9.59 Å². The Morgan fingerprint density at radius 3 is 2.38 bits per heavy atom. The Morgan fingerprint density at radius 2 is 1.69 bits per heavy atom. The highest BCUT2D eigenvalue weighted by Crippen LogP contribution is 2.23. The molecule has 29 heavy (non-hydrogen) atoms. The molecule has 0 bridgehead atoms. The van der Waals surface area contributed by atoms with Gasteiger partial charge in [-0.05, 0) is 49.6 Å². The van der Waals surface area contributed by atoms with Gasteiger partial charge in [-0.25, -0.2) is 13.1 Å². The maximum absolute atomic E-state index is 12.8. The third-order valence-electron chi connectivity index (χ3n) is 5.06. The topological polar surface area (TPSA) is 104 Å². The maximum atomic E-state index is 12.8. The number of amides is 2. The van der Waals surface area contributed by atoms with E-state index < -0.39 is 15.9 Å². The predicted octanol–water partition coefficient (Wildman–Crippen LogP) is 2.83. The van der Waals surface area contributed by atoms with E-state index in [0.717, 1.165) is 31.2 Å². The van der Waals surface area contributed by atoms with Gasteiger partial charge in [0.05, 0.1) is 16.1 Å². The fourth-order valence-electron chi connectivity index (χ4n) is 3.53. The van der Waals surface area contributed by atoms with Crippen molar-refractivity contribution in [1.29, 1.82) is 0 Å².